The molecule has 3 nitrogen and oxygen atoms in total. The molecule has 76 valence electrons. The number of halogens is 1. The zero-order chi connectivity index (χ0) is 10.6. The number of benzene rings is 1. The number of carboxylic acid groups (broad SMARTS) is 1. The minimum Gasteiger partial charge on any atom is -0.480 e. The summed E-state index contributed by atoms with van der Waals surface area (Å²) in [6, 6.07) is 5.36. The SMILES string of the molecule is N[C@@H](CCc1ccccc1F)C(=O)O. The smallest absolute Gasteiger partial charge is 0.320 e. The lowest BCUT2D eigenvalue weighted by Gasteiger charge is -2.06. The third-order valence-corrected chi connectivity index (χ3v) is 2.00. The van der Waals surface area contributed by atoms with Crippen molar-refractivity contribution < 1.29 is 14.3 Å². The van der Waals surface area contributed by atoms with Crippen LogP contribution in [0.5, 0.6) is 0 Å². The van der Waals surface area contributed by atoms with E-state index in [0.29, 0.717) is 12.0 Å². The van der Waals surface area contributed by atoms with Crippen LogP contribution >= 0.6 is 0 Å². The molecule has 0 fully saturated rings. The summed E-state index contributed by atoms with van der Waals surface area (Å²) in [6.45, 7) is 0. The fourth-order valence-corrected chi connectivity index (χ4v) is 1.14. The molecule has 0 unspecified atom stereocenters. The number of aryl methyl sites for hydroxylation is 1. The van der Waals surface area contributed by atoms with Gasteiger partial charge in [-0.05, 0) is 24.5 Å². The van der Waals surface area contributed by atoms with Gasteiger partial charge < -0.3 is 10.8 Å². The molecule has 4 heteroatoms. The van der Waals surface area contributed by atoms with Crippen molar-refractivity contribution in [1.29, 1.82) is 0 Å². The second-order valence-corrected chi connectivity index (χ2v) is 3.07. The van der Waals surface area contributed by atoms with Crippen molar-refractivity contribution in [2.45, 2.75) is 18.9 Å². The summed E-state index contributed by atoms with van der Waals surface area (Å²) in [7, 11) is 0. The molecule has 0 aromatic heterocycles. The molecular formula is C10H12FNO2. The molecule has 0 saturated heterocycles. The Morgan fingerprint density at radius 2 is 2.14 bits per heavy atom. The topological polar surface area (TPSA) is 63.3 Å². The van der Waals surface area contributed by atoms with E-state index < -0.39 is 12.0 Å². The first-order valence-electron chi connectivity index (χ1n) is 4.33. The van der Waals surface area contributed by atoms with Gasteiger partial charge in [-0.25, -0.2) is 4.39 Å². The average molecular weight is 197 g/mol. The van der Waals surface area contributed by atoms with Gasteiger partial charge in [-0.1, -0.05) is 18.2 Å². The van der Waals surface area contributed by atoms with Gasteiger partial charge in [0.2, 0.25) is 0 Å². The van der Waals surface area contributed by atoms with Crippen LogP contribution in [0.1, 0.15) is 12.0 Å². The highest BCUT2D eigenvalue weighted by molar-refractivity contribution is 5.73. The second kappa shape index (κ2) is 4.72. The normalized spacial score (nSPS) is 12.4. The van der Waals surface area contributed by atoms with Gasteiger partial charge in [-0.3, -0.25) is 4.79 Å². The number of hydrogen-bond donors (Lipinski definition) is 2. The molecule has 1 rings (SSSR count). The number of carbonyl (C=O) groups is 1. The Bertz CT molecular complexity index is 328. The predicted molar refractivity (Wildman–Crippen MR) is 50.3 cm³/mol. The molecule has 0 bridgehead atoms. The van der Waals surface area contributed by atoms with Gasteiger partial charge in [0.05, 0.1) is 0 Å². The largest absolute Gasteiger partial charge is 0.480 e. The zero-order valence-electron chi connectivity index (χ0n) is 7.61. The van der Waals surface area contributed by atoms with Crippen molar-refractivity contribution in [3.05, 3.63) is 35.6 Å². The Balaban J connectivity index is 2.54. The first-order chi connectivity index (χ1) is 6.61. The highest BCUT2D eigenvalue weighted by Crippen LogP contribution is 2.09. The van der Waals surface area contributed by atoms with Crippen LogP contribution in [-0.2, 0) is 11.2 Å². The first kappa shape index (κ1) is 10.7. The molecule has 0 radical (unpaired) electrons. The van der Waals surface area contributed by atoms with E-state index >= 15 is 0 Å². The Hall–Kier alpha value is -1.42. The Kier molecular flexibility index (Phi) is 3.59. The van der Waals surface area contributed by atoms with Gasteiger partial charge in [0.25, 0.3) is 0 Å². The number of carboxylic acids is 1. The van der Waals surface area contributed by atoms with E-state index in [1.807, 2.05) is 0 Å². The van der Waals surface area contributed by atoms with E-state index in [-0.39, 0.29) is 12.2 Å². The molecule has 0 heterocycles. The van der Waals surface area contributed by atoms with Gasteiger partial charge >= 0.3 is 5.97 Å². The van der Waals surface area contributed by atoms with Crippen LogP contribution in [0.4, 0.5) is 4.39 Å². The van der Waals surface area contributed by atoms with E-state index in [4.69, 9.17) is 10.8 Å². The predicted octanol–water partition coefficient (Wildman–Crippen LogP) is 1.17. The van der Waals surface area contributed by atoms with E-state index in [2.05, 4.69) is 0 Å². The van der Waals surface area contributed by atoms with Gasteiger partial charge in [-0.2, -0.15) is 0 Å². The monoisotopic (exact) mass is 197 g/mol. The molecule has 0 amide bonds. The molecule has 1 aromatic carbocycles. The fourth-order valence-electron chi connectivity index (χ4n) is 1.14. The van der Waals surface area contributed by atoms with Crippen LogP contribution in [-0.4, -0.2) is 17.1 Å². The number of nitrogens with two attached hydrogens (primary N) is 1. The number of rotatable bonds is 4. The summed E-state index contributed by atoms with van der Waals surface area (Å²) in [5.41, 5.74) is 5.80. The standard InChI is InChI=1S/C10H12FNO2/c11-8-4-2-1-3-7(8)5-6-9(12)10(13)14/h1-4,9H,5-6,12H2,(H,13,14)/t9-/m0/s1. The van der Waals surface area contributed by atoms with E-state index in [1.165, 1.54) is 6.07 Å². The lowest BCUT2D eigenvalue weighted by molar-refractivity contribution is -0.138. The van der Waals surface area contributed by atoms with Crippen LogP contribution in [0, 0.1) is 5.82 Å². The van der Waals surface area contributed by atoms with E-state index in [1.54, 1.807) is 18.2 Å². The lowest BCUT2D eigenvalue weighted by Crippen LogP contribution is -2.30. The first-order valence-corrected chi connectivity index (χ1v) is 4.33. The van der Waals surface area contributed by atoms with Crippen LogP contribution < -0.4 is 5.73 Å². The third kappa shape index (κ3) is 2.81. The number of hydrogen-bond acceptors (Lipinski definition) is 2. The summed E-state index contributed by atoms with van der Waals surface area (Å²) in [4.78, 5) is 10.4. The Morgan fingerprint density at radius 3 is 2.71 bits per heavy atom. The quantitative estimate of drug-likeness (QED) is 0.761. The molecule has 0 aliphatic heterocycles. The maximum absolute atomic E-state index is 13.1. The number of aliphatic carboxylic acids is 1. The molecule has 0 aliphatic carbocycles. The molecule has 1 aromatic rings. The van der Waals surface area contributed by atoms with Crippen molar-refractivity contribution in [2.75, 3.05) is 0 Å². The van der Waals surface area contributed by atoms with Crippen LogP contribution in [0.25, 0.3) is 0 Å². The fraction of sp³-hybridized carbons (Fsp3) is 0.300. The van der Waals surface area contributed by atoms with Crippen molar-refractivity contribution in [2.24, 2.45) is 5.73 Å². The molecule has 0 aliphatic rings. The maximum atomic E-state index is 13.1. The molecule has 0 spiro atoms. The van der Waals surface area contributed by atoms with Crippen LogP contribution in [0.3, 0.4) is 0 Å². The molecule has 14 heavy (non-hydrogen) atoms. The van der Waals surface area contributed by atoms with Crippen molar-refractivity contribution in [3.8, 4) is 0 Å². The molecule has 0 saturated carbocycles. The van der Waals surface area contributed by atoms with Crippen LogP contribution in [0.2, 0.25) is 0 Å². The molecular weight excluding hydrogens is 185 g/mol. The van der Waals surface area contributed by atoms with Gasteiger partial charge in [0.15, 0.2) is 0 Å². The summed E-state index contributed by atoms with van der Waals surface area (Å²) >= 11 is 0. The zero-order valence-corrected chi connectivity index (χ0v) is 7.61. The maximum Gasteiger partial charge on any atom is 0.320 e. The van der Waals surface area contributed by atoms with Crippen molar-refractivity contribution >= 4 is 5.97 Å². The lowest BCUT2D eigenvalue weighted by atomic mass is 10.1. The van der Waals surface area contributed by atoms with Crippen LogP contribution in [0.15, 0.2) is 24.3 Å². The van der Waals surface area contributed by atoms with Gasteiger partial charge in [-0.15, -0.1) is 0 Å². The summed E-state index contributed by atoms with van der Waals surface area (Å²) in [6.07, 6.45) is 0.594. The Morgan fingerprint density at radius 1 is 1.50 bits per heavy atom. The summed E-state index contributed by atoms with van der Waals surface area (Å²) < 4.78 is 13.1. The van der Waals surface area contributed by atoms with E-state index in [9.17, 15) is 9.18 Å². The molecule has 1 atom stereocenters. The average Bonchev–Trinajstić information content (AvgIpc) is 2.16. The minimum absolute atomic E-state index is 0.246. The third-order valence-electron chi connectivity index (χ3n) is 2.00. The van der Waals surface area contributed by atoms with E-state index in [0.717, 1.165) is 0 Å². The minimum atomic E-state index is -1.05. The van der Waals surface area contributed by atoms with Gasteiger partial charge in [0, 0.05) is 0 Å². The Labute approximate surface area is 81.4 Å². The molecule has 3 N–H and O–H groups in total. The summed E-state index contributed by atoms with van der Waals surface area (Å²) in [5, 5.41) is 8.51. The second-order valence-electron chi connectivity index (χ2n) is 3.07. The summed E-state index contributed by atoms with van der Waals surface area (Å²) in [5.74, 6) is -1.37. The highest BCUT2D eigenvalue weighted by Gasteiger charge is 2.11. The van der Waals surface area contributed by atoms with Gasteiger partial charge in [0.1, 0.15) is 11.9 Å². The highest BCUT2D eigenvalue weighted by atomic mass is 19.1. The van der Waals surface area contributed by atoms with Crippen molar-refractivity contribution in [3.63, 3.8) is 0 Å². The van der Waals surface area contributed by atoms with Crippen molar-refractivity contribution in [1.82, 2.24) is 0 Å².